The van der Waals surface area contributed by atoms with Crippen LogP contribution in [0.15, 0.2) is 53.6 Å². The smallest absolute Gasteiger partial charge is 0.254 e. The molecule has 0 bridgehead atoms. The quantitative estimate of drug-likeness (QED) is 0.873. The summed E-state index contributed by atoms with van der Waals surface area (Å²) in [6.45, 7) is 2.02. The summed E-state index contributed by atoms with van der Waals surface area (Å²) >= 11 is 0. The summed E-state index contributed by atoms with van der Waals surface area (Å²) in [6.07, 6.45) is 1.94. The molecule has 0 fully saturated rings. The summed E-state index contributed by atoms with van der Waals surface area (Å²) in [6, 6.07) is 12.0. The number of carbonyl (C=O) groups is 1. The molecule has 1 atom stereocenters. The van der Waals surface area contributed by atoms with Crippen molar-refractivity contribution >= 4 is 22.3 Å². The molecule has 2 aromatic rings. The van der Waals surface area contributed by atoms with E-state index >= 15 is 0 Å². The van der Waals surface area contributed by atoms with Gasteiger partial charge in [-0.05, 0) is 18.4 Å². The number of hydrogen-bond acceptors (Lipinski definition) is 2. The second-order valence-corrected chi connectivity index (χ2v) is 6.24. The van der Waals surface area contributed by atoms with Gasteiger partial charge in [-0.2, -0.15) is 0 Å². The van der Waals surface area contributed by atoms with Gasteiger partial charge >= 0.3 is 0 Å². The van der Waals surface area contributed by atoms with Crippen LogP contribution >= 0.6 is 0 Å². The molecule has 0 amide bonds. The van der Waals surface area contributed by atoms with Gasteiger partial charge in [-0.15, -0.1) is 0 Å². The molecule has 1 heterocycles. The van der Waals surface area contributed by atoms with Crippen molar-refractivity contribution in [2.45, 2.75) is 13.2 Å². The van der Waals surface area contributed by atoms with Crippen molar-refractivity contribution < 1.29 is 14.4 Å². The van der Waals surface area contributed by atoms with Crippen molar-refractivity contribution in [2.75, 3.05) is 14.1 Å². The van der Waals surface area contributed by atoms with E-state index in [4.69, 9.17) is 4.74 Å². The number of Topliss-reactive ketones (excluding diaryl/α,β-unsaturated/α-hetero) is 1. The molecule has 2 aromatic carbocycles. The monoisotopic (exact) mass is 292 g/mol. The van der Waals surface area contributed by atoms with E-state index in [1.165, 1.54) is 4.90 Å². The van der Waals surface area contributed by atoms with E-state index in [2.05, 4.69) is 14.1 Å². The summed E-state index contributed by atoms with van der Waals surface area (Å²) < 4.78 is 6.24. The van der Waals surface area contributed by atoms with Gasteiger partial charge in [0, 0.05) is 22.1 Å². The minimum atomic E-state index is -0.0490. The molecule has 1 aliphatic carbocycles. The number of quaternary nitrogens is 1. The molecule has 0 spiro atoms. The second kappa shape index (κ2) is 4.55. The molecule has 1 unspecified atom stereocenters. The Hall–Kier alpha value is -2.39. The Morgan fingerprint density at radius 3 is 2.41 bits per heavy atom. The fraction of sp³-hybridized carbons (Fsp3) is 0.211. The Morgan fingerprint density at radius 1 is 1.05 bits per heavy atom. The third kappa shape index (κ3) is 1.69. The van der Waals surface area contributed by atoms with E-state index in [0.29, 0.717) is 5.57 Å². The van der Waals surface area contributed by atoms with Gasteiger partial charge in [0.25, 0.3) is 6.23 Å². The van der Waals surface area contributed by atoms with E-state index < -0.39 is 0 Å². The van der Waals surface area contributed by atoms with Crippen LogP contribution in [0.4, 0.5) is 0 Å². The summed E-state index contributed by atoms with van der Waals surface area (Å²) in [5, 5.41) is 2.09. The van der Waals surface area contributed by atoms with Crippen LogP contribution in [-0.4, -0.2) is 26.1 Å². The van der Waals surface area contributed by atoms with Crippen LogP contribution in [0.5, 0.6) is 0 Å². The number of nitrogens with one attached hydrogen (secondary N) is 1. The van der Waals surface area contributed by atoms with Crippen LogP contribution in [-0.2, 0) is 4.74 Å². The Bertz CT molecular complexity index is 869. The third-order valence-corrected chi connectivity index (χ3v) is 4.43. The SMILES string of the molecule is CC1=CC2=C(OC1[NH+](C)C)c1cccc3cccc(c13)C2=O. The lowest BCUT2D eigenvalue weighted by molar-refractivity contribution is -0.901. The summed E-state index contributed by atoms with van der Waals surface area (Å²) in [4.78, 5) is 14.1. The zero-order chi connectivity index (χ0) is 15.4. The molecule has 0 saturated carbocycles. The maximum absolute atomic E-state index is 12.9. The highest BCUT2D eigenvalue weighted by atomic mass is 16.5. The van der Waals surface area contributed by atoms with Gasteiger partial charge < -0.3 is 9.64 Å². The average Bonchev–Trinajstić information content (AvgIpc) is 2.51. The van der Waals surface area contributed by atoms with Crippen molar-refractivity contribution in [3.05, 3.63) is 64.7 Å². The standard InChI is InChI=1S/C19H17NO2/c1-11-10-15-17(21)13-8-4-6-12-7-5-9-14(16(12)13)18(15)22-19(11)20(2)3/h4-10,19H,1-3H3/p+1. The van der Waals surface area contributed by atoms with E-state index in [-0.39, 0.29) is 12.0 Å². The first kappa shape index (κ1) is 13.3. The number of ketones is 1. The second-order valence-electron chi connectivity index (χ2n) is 6.24. The Morgan fingerprint density at radius 2 is 1.73 bits per heavy atom. The third-order valence-electron chi connectivity index (χ3n) is 4.43. The Balaban J connectivity index is 2.02. The van der Waals surface area contributed by atoms with Gasteiger partial charge in [0.2, 0.25) is 0 Å². The van der Waals surface area contributed by atoms with Gasteiger partial charge in [-0.3, -0.25) is 4.79 Å². The lowest BCUT2D eigenvalue weighted by Gasteiger charge is -2.31. The van der Waals surface area contributed by atoms with Gasteiger partial charge in [-0.25, -0.2) is 0 Å². The van der Waals surface area contributed by atoms with Crippen LogP contribution in [0, 0.1) is 0 Å². The molecule has 0 saturated heterocycles. The first-order valence-electron chi connectivity index (χ1n) is 7.54. The lowest BCUT2D eigenvalue weighted by atomic mass is 9.85. The van der Waals surface area contributed by atoms with E-state index in [1.54, 1.807) is 0 Å². The number of benzene rings is 2. The molecule has 0 radical (unpaired) electrons. The molecular formula is C19H18NO2+. The minimum Gasteiger partial charge on any atom is -0.437 e. The molecule has 1 aliphatic heterocycles. The van der Waals surface area contributed by atoms with Gasteiger partial charge in [0.05, 0.1) is 19.7 Å². The van der Waals surface area contributed by atoms with Gasteiger partial charge in [-0.1, -0.05) is 36.4 Å². The number of rotatable bonds is 1. The van der Waals surface area contributed by atoms with E-state index in [9.17, 15) is 4.79 Å². The maximum Gasteiger partial charge on any atom is 0.254 e. The fourth-order valence-electron chi connectivity index (χ4n) is 3.46. The number of ether oxygens (including phenoxy) is 1. The normalized spacial score (nSPS) is 20.1. The van der Waals surface area contributed by atoms with Crippen molar-refractivity contribution in [1.82, 2.24) is 0 Å². The molecule has 3 heteroatoms. The Labute approximate surface area is 129 Å². The number of likely N-dealkylation sites (N-methyl/N-ethyl adjacent to an activating group) is 1. The average molecular weight is 292 g/mol. The summed E-state index contributed by atoms with van der Waals surface area (Å²) in [7, 11) is 4.12. The highest BCUT2D eigenvalue weighted by Gasteiger charge is 2.34. The van der Waals surface area contributed by atoms with Crippen LogP contribution in [0.25, 0.3) is 16.5 Å². The molecule has 22 heavy (non-hydrogen) atoms. The minimum absolute atomic E-state index is 0.0490. The highest BCUT2D eigenvalue weighted by Crippen LogP contribution is 2.40. The van der Waals surface area contributed by atoms with Crippen LogP contribution < -0.4 is 4.90 Å². The van der Waals surface area contributed by atoms with Crippen molar-refractivity contribution in [3.8, 4) is 0 Å². The number of hydrogen-bond donors (Lipinski definition) is 1. The number of allylic oxidation sites excluding steroid dienone is 2. The van der Waals surface area contributed by atoms with Crippen LogP contribution in [0.1, 0.15) is 22.8 Å². The largest absolute Gasteiger partial charge is 0.437 e. The van der Waals surface area contributed by atoms with Crippen LogP contribution in [0.3, 0.4) is 0 Å². The molecule has 3 nitrogen and oxygen atoms in total. The first-order valence-corrected chi connectivity index (χ1v) is 7.54. The van der Waals surface area contributed by atoms with Gasteiger partial charge in [0.15, 0.2) is 5.78 Å². The predicted octanol–water partition coefficient (Wildman–Crippen LogP) is 2.19. The van der Waals surface area contributed by atoms with Gasteiger partial charge in [0.1, 0.15) is 5.76 Å². The Kier molecular flexibility index (Phi) is 2.75. The number of fused-ring (bicyclic) bond motifs is 1. The lowest BCUT2D eigenvalue weighted by Crippen LogP contribution is -3.10. The van der Waals surface area contributed by atoms with Crippen molar-refractivity contribution in [2.24, 2.45) is 0 Å². The van der Waals surface area contributed by atoms with Crippen molar-refractivity contribution in [3.63, 3.8) is 0 Å². The maximum atomic E-state index is 12.9. The highest BCUT2D eigenvalue weighted by molar-refractivity contribution is 6.25. The molecule has 110 valence electrons. The first-order chi connectivity index (χ1) is 10.6. The topological polar surface area (TPSA) is 30.7 Å². The fourth-order valence-corrected chi connectivity index (χ4v) is 3.46. The predicted molar refractivity (Wildman–Crippen MR) is 86.6 cm³/mol. The van der Waals surface area contributed by atoms with Crippen molar-refractivity contribution in [1.29, 1.82) is 0 Å². The molecule has 2 aliphatic rings. The molecule has 1 N–H and O–H groups in total. The zero-order valence-electron chi connectivity index (χ0n) is 12.9. The molecule has 4 rings (SSSR count). The summed E-state index contributed by atoms with van der Waals surface area (Å²) in [5.74, 6) is 0.789. The summed E-state index contributed by atoms with van der Waals surface area (Å²) in [5.41, 5.74) is 3.56. The number of carbonyl (C=O) groups excluding carboxylic acids is 1. The molecular weight excluding hydrogens is 274 g/mol. The van der Waals surface area contributed by atoms with E-state index in [0.717, 1.165) is 33.2 Å². The van der Waals surface area contributed by atoms with Crippen LogP contribution in [0.2, 0.25) is 0 Å². The van der Waals surface area contributed by atoms with E-state index in [1.807, 2.05) is 49.4 Å². The molecule has 0 aromatic heterocycles. The zero-order valence-corrected chi connectivity index (χ0v) is 12.9.